The predicted octanol–water partition coefficient (Wildman–Crippen LogP) is 5.39. The fourth-order valence-electron chi connectivity index (χ4n) is 3.50. The van der Waals surface area contributed by atoms with Gasteiger partial charge in [0.25, 0.3) is 5.91 Å². The van der Waals surface area contributed by atoms with Crippen molar-refractivity contribution in [1.29, 1.82) is 0 Å². The number of aryl methyl sites for hydroxylation is 1. The molecule has 0 aliphatic rings. The van der Waals surface area contributed by atoms with Gasteiger partial charge >= 0.3 is 6.18 Å². The topological polar surface area (TPSA) is 49.9 Å². The molecule has 0 fully saturated rings. The van der Waals surface area contributed by atoms with Crippen molar-refractivity contribution in [2.24, 2.45) is 0 Å². The lowest BCUT2D eigenvalue weighted by atomic mass is 10.1. The molecule has 1 aromatic heterocycles. The van der Waals surface area contributed by atoms with E-state index in [-0.39, 0.29) is 31.2 Å². The molecule has 1 heterocycles. The van der Waals surface area contributed by atoms with Crippen LogP contribution in [0.4, 0.5) is 13.2 Å². The Bertz CT molecular complexity index is 1130. The standard InChI is InChI=1S/C26H27F3N2O3S/c1-19-11-14-35-23(19)17-31(16-20-7-4-3-5-8-20)24(32)18-30(12-13-34-2)25(33)21-9-6-10-22(15-21)26(27,28)29/h3-11,14-15H,12-13,16-18H2,1-2H3. The van der Waals surface area contributed by atoms with Gasteiger partial charge in [-0.3, -0.25) is 9.59 Å². The summed E-state index contributed by atoms with van der Waals surface area (Å²) in [5.41, 5.74) is 0.951. The first-order valence-corrected chi connectivity index (χ1v) is 11.9. The van der Waals surface area contributed by atoms with Crippen LogP contribution in [0.2, 0.25) is 0 Å². The van der Waals surface area contributed by atoms with Crippen LogP contribution in [0, 0.1) is 6.92 Å². The fourth-order valence-corrected chi connectivity index (χ4v) is 4.42. The highest BCUT2D eigenvalue weighted by atomic mass is 32.1. The zero-order valence-corrected chi connectivity index (χ0v) is 20.4. The number of ether oxygens (including phenoxy) is 1. The maximum atomic E-state index is 13.4. The lowest BCUT2D eigenvalue weighted by Gasteiger charge is -2.28. The molecule has 0 unspecified atom stereocenters. The van der Waals surface area contributed by atoms with Crippen molar-refractivity contribution in [2.75, 3.05) is 26.8 Å². The van der Waals surface area contributed by atoms with Crippen LogP contribution >= 0.6 is 11.3 Å². The lowest BCUT2D eigenvalue weighted by Crippen LogP contribution is -2.43. The molecule has 5 nitrogen and oxygen atoms in total. The number of amides is 2. The summed E-state index contributed by atoms with van der Waals surface area (Å²) >= 11 is 1.54. The van der Waals surface area contributed by atoms with E-state index in [9.17, 15) is 22.8 Å². The van der Waals surface area contributed by atoms with Crippen molar-refractivity contribution in [3.63, 3.8) is 0 Å². The number of methoxy groups -OCH3 is 1. The van der Waals surface area contributed by atoms with E-state index in [1.807, 2.05) is 48.7 Å². The summed E-state index contributed by atoms with van der Waals surface area (Å²) in [7, 11) is 1.45. The molecule has 2 aromatic carbocycles. The lowest BCUT2D eigenvalue weighted by molar-refractivity contribution is -0.137. The highest BCUT2D eigenvalue weighted by molar-refractivity contribution is 7.10. The summed E-state index contributed by atoms with van der Waals surface area (Å²) in [6.45, 7) is 2.60. The Balaban J connectivity index is 1.84. The second-order valence-electron chi connectivity index (χ2n) is 8.06. The average Bonchev–Trinajstić information content (AvgIpc) is 3.25. The third-order valence-electron chi connectivity index (χ3n) is 5.49. The van der Waals surface area contributed by atoms with Crippen LogP contribution in [0.3, 0.4) is 0 Å². The molecule has 0 spiro atoms. The second-order valence-corrected chi connectivity index (χ2v) is 9.06. The van der Waals surface area contributed by atoms with Gasteiger partial charge in [0.05, 0.1) is 18.7 Å². The van der Waals surface area contributed by atoms with Gasteiger partial charge < -0.3 is 14.5 Å². The third-order valence-corrected chi connectivity index (χ3v) is 6.49. The summed E-state index contributed by atoms with van der Waals surface area (Å²) in [5, 5.41) is 1.96. The Hall–Kier alpha value is -3.17. The van der Waals surface area contributed by atoms with E-state index in [0.29, 0.717) is 13.1 Å². The molecule has 186 valence electrons. The molecule has 0 aliphatic carbocycles. The molecule has 3 rings (SSSR count). The summed E-state index contributed by atoms with van der Waals surface area (Å²) < 4.78 is 44.6. The molecule has 2 amide bonds. The maximum absolute atomic E-state index is 13.4. The quantitative estimate of drug-likeness (QED) is 0.372. The monoisotopic (exact) mass is 504 g/mol. The van der Waals surface area contributed by atoms with E-state index in [4.69, 9.17) is 4.74 Å². The molecule has 0 N–H and O–H groups in total. The highest BCUT2D eigenvalue weighted by Gasteiger charge is 2.31. The fraction of sp³-hybridized carbons (Fsp3) is 0.308. The van der Waals surface area contributed by atoms with Crippen LogP contribution in [0.15, 0.2) is 66.0 Å². The molecular weight excluding hydrogens is 477 g/mol. The summed E-state index contributed by atoms with van der Waals surface area (Å²) in [4.78, 5) is 30.5. The van der Waals surface area contributed by atoms with Crippen LogP contribution in [-0.4, -0.2) is 48.4 Å². The smallest absolute Gasteiger partial charge is 0.383 e. The van der Waals surface area contributed by atoms with Gasteiger partial charge in [-0.25, -0.2) is 0 Å². The largest absolute Gasteiger partial charge is 0.416 e. The molecule has 3 aromatic rings. The Morgan fingerprint density at radius 3 is 2.34 bits per heavy atom. The van der Waals surface area contributed by atoms with Gasteiger partial charge in [-0.2, -0.15) is 13.2 Å². The molecule has 0 atom stereocenters. The molecule has 0 saturated heterocycles. The first-order chi connectivity index (χ1) is 16.7. The SMILES string of the molecule is COCCN(CC(=O)N(Cc1ccccc1)Cc1sccc1C)C(=O)c1cccc(C(F)(F)F)c1. The van der Waals surface area contributed by atoms with Crippen molar-refractivity contribution in [1.82, 2.24) is 9.80 Å². The van der Waals surface area contributed by atoms with Gasteiger partial charge in [-0.05, 0) is 47.7 Å². The second kappa shape index (κ2) is 12.0. The van der Waals surface area contributed by atoms with E-state index in [0.717, 1.165) is 28.1 Å². The van der Waals surface area contributed by atoms with E-state index in [1.54, 1.807) is 16.2 Å². The number of rotatable bonds is 10. The van der Waals surface area contributed by atoms with Crippen molar-refractivity contribution < 1.29 is 27.5 Å². The predicted molar refractivity (Wildman–Crippen MR) is 129 cm³/mol. The van der Waals surface area contributed by atoms with E-state index in [1.165, 1.54) is 24.1 Å². The van der Waals surface area contributed by atoms with Gasteiger partial charge in [0, 0.05) is 30.6 Å². The highest BCUT2D eigenvalue weighted by Crippen LogP contribution is 2.30. The molecule has 0 aliphatic heterocycles. The Labute approximate surface area is 206 Å². The first kappa shape index (κ1) is 26.4. The molecule has 0 bridgehead atoms. The third kappa shape index (κ3) is 7.40. The number of carbonyl (C=O) groups excluding carboxylic acids is 2. The minimum absolute atomic E-state index is 0.0640. The van der Waals surface area contributed by atoms with E-state index < -0.39 is 17.6 Å². The zero-order chi connectivity index (χ0) is 25.4. The summed E-state index contributed by atoms with van der Waals surface area (Å²) in [6.07, 6.45) is -4.57. The first-order valence-electron chi connectivity index (χ1n) is 11.0. The van der Waals surface area contributed by atoms with Gasteiger partial charge in [0.2, 0.25) is 5.91 Å². The summed E-state index contributed by atoms with van der Waals surface area (Å²) in [5.74, 6) is -0.966. The molecule has 0 radical (unpaired) electrons. The van der Waals surface area contributed by atoms with Gasteiger partial charge in [0.15, 0.2) is 0 Å². The Kier molecular flexibility index (Phi) is 9.06. The molecule has 35 heavy (non-hydrogen) atoms. The number of nitrogens with zero attached hydrogens (tertiary/aromatic N) is 2. The number of hydrogen-bond acceptors (Lipinski definition) is 4. The number of halogens is 3. The minimum atomic E-state index is -4.57. The van der Waals surface area contributed by atoms with Gasteiger partial charge in [-0.15, -0.1) is 11.3 Å². The Morgan fingerprint density at radius 1 is 0.971 bits per heavy atom. The number of thiophene rings is 1. The average molecular weight is 505 g/mol. The minimum Gasteiger partial charge on any atom is -0.383 e. The number of alkyl halides is 3. The van der Waals surface area contributed by atoms with Gasteiger partial charge in [0.1, 0.15) is 6.54 Å². The maximum Gasteiger partial charge on any atom is 0.416 e. The summed E-state index contributed by atoms with van der Waals surface area (Å²) in [6, 6.07) is 15.7. The molecule has 9 heteroatoms. The zero-order valence-electron chi connectivity index (χ0n) is 19.5. The van der Waals surface area contributed by atoms with Crippen molar-refractivity contribution in [2.45, 2.75) is 26.2 Å². The normalized spacial score (nSPS) is 11.3. The van der Waals surface area contributed by atoms with E-state index >= 15 is 0 Å². The molecular formula is C26H27F3N2O3S. The van der Waals surface area contributed by atoms with Crippen LogP contribution < -0.4 is 0 Å². The Morgan fingerprint density at radius 2 is 1.71 bits per heavy atom. The number of hydrogen-bond donors (Lipinski definition) is 0. The number of carbonyl (C=O) groups is 2. The number of benzene rings is 2. The van der Waals surface area contributed by atoms with Gasteiger partial charge in [-0.1, -0.05) is 36.4 Å². The van der Waals surface area contributed by atoms with Crippen LogP contribution in [0.1, 0.15) is 31.9 Å². The van der Waals surface area contributed by atoms with E-state index in [2.05, 4.69) is 0 Å². The van der Waals surface area contributed by atoms with Crippen LogP contribution in [-0.2, 0) is 28.8 Å². The van der Waals surface area contributed by atoms with Crippen molar-refractivity contribution in [3.8, 4) is 0 Å². The van der Waals surface area contributed by atoms with Crippen LogP contribution in [0.25, 0.3) is 0 Å². The van der Waals surface area contributed by atoms with Crippen molar-refractivity contribution >= 4 is 23.2 Å². The van der Waals surface area contributed by atoms with Crippen molar-refractivity contribution in [3.05, 3.63) is 93.2 Å². The molecule has 0 saturated carbocycles. The van der Waals surface area contributed by atoms with Crippen LogP contribution in [0.5, 0.6) is 0 Å².